The number of rotatable bonds is 31. The first-order valence-corrected chi connectivity index (χ1v) is 39.7. The van der Waals surface area contributed by atoms with Crippen molar-refractivity contribution in [3.05, 3.63) is 71.3 Å². The van der Waals surface area contributed by atoms with Crippen LogP contribution >= 0.6 is 46.0 Å². The van der Waals surface area contributed by atoms with Crippen molar-refractivity contribution in [1.82, 2.24) is 58.6 Å². The summed E-state index contributed by atoms with van der Waals surface area (Å²) in [5.41, 5.74) is 5.90. The number of nitrogen functional groups attached to an aromatic ring is 1. The molecule has 10 rings (SSSR count). The Labute approximate surface area is 599 Å². The van der Waals surface area contributed by atoms with Crippen LogP contribution in [0.3, 0.4) is 0 Å². The minimum atomic E-state index is -3.35. The van der Waals surface area contributed by atoms with Crippen LogP contribution in [0.1, 0.15) is 111 Å². The lowest BCUT2D eigenvalue weighted by Crippen LogP contribution is -2.42. The molecule has 0 radical (unpaired) electrons. The van der Waals surface area contributed by atoms with Gasteiger partial charge in [-0.3, -0.25) is 37.0 Å². The van der Waals surface area contributed by atoms with Crippen molar-refractivity contribution in [3.63, 3.8) is 0 Å². The summed E-state index contributed by atoms with van der Waals surface area (Å²) in [6, 6.07) is 9.65. The van der Waals surface area contributed by atoms with Crippen molar-refractivity contribution in [1.29, 1.82) is 0 Å². The average molecular weight is 1530 g/mol. The van der Waals surface area contributed by atoms with Crippen molar-refractivity contribution in [2.45, 2.75) is 150 Å². The molecule has 0 spiro atoms. The van der Waals surface area contributed by atoms with Crippen LogP contribution in [0.15, 0.2) is 49.3 Å². The molecular formula is C62H92Cl2N15O20P3. The molecule has 0 bridgehead atoms. The summed E-state index contributed by atoms with van der Waals surface area (Å²) in [5.74, 6) is 0.600. The van der Waals surface area contributed by atoms with E-state index in [4.69, 9.17) is 79.8 Å². The van der Waals surface area contributed by atoms with E-state index in [9.17, 15) is 43.7 Å². The van der Waals surface area contributed by atoms with Crippen molar-refractivity contribution < 1.29 is 94.5 Å². The number of amides is 2. The third-order valence-electron chi connectivity index (χ3n) is 17.1. The summed E-state index contributed by atoms with van der Waals surface area (Å²) in [5, 5.41) is 48.7. The molecule has 9 heterocycles. The molecule has 8 N–H and O–H groups in total. The Kier molecular flexibility index (Phi) is 28.2. The van der Waals surface area contributed by atoms with Crippen molar-refractivity contribution in [2.24, 2.45) is 16.2 Å². The maximum atomic E-state index is 12.6. The monoisotopic (exact) mass is 1530 g/mol. The summed E-state index contributed by atoms with van der Waals surface area (Å²) in [6.45, 7) is 20.3. The number of hydrogen-bond acceptors (Lipinski definition) is 30. The molecule has 3 aliphatic heterocycles. The number of aromatic nitrogens is 12. The van der Waals surface area contributed by atoms with E-state index in [2.05, 4.69) is 55.5 Å². The fraction of sp³-hybridized carbons (Fsp3) is 0.629. The largest absolute Gasteiger partial charge is 0.396 e. The first-order chi connectivity index (χ1) is 48.3. The summed E-state index contributed by atoms with van der Waals surface area (Å²) in [7, 11) is -8.40. The van der Waals surface area contributed by atoms with E-state index in [1.54, 1.807) is 55.2 Å². The minimum absolute atomic E-state index is 0.0865. The first-order valence-electron chi connectivity index (χ1n) is 32.9. The van der Waals surface area contributed by atoms with Gasteiger partial charge in [0.15, 0.2) is 45.4 Å². The highest BCUT2D eigenvalue weighted by Gasteiger charge is 2.58. The fourth-order valence-corrected chi connectivity index (χ4v) is 15.2. The Hall–Kier alpha value is -5.72. The lowest BCUT2D eigenvalue weighted by atomic mass is 9.83. The number of anilines is 3. The highest BCUT2D eigenvalue weighted by atomic mass is 35.5. The van der Waals surface area contributed by atoms with Gasteiger partial charge in [0.1, 0.15) is 48.3 Å². The van der Waals surface area contributed by atoms with E-state index in [0.29, 0.717) is 71.6 Å². The summed E-state index contributed by atoms with van der Waals surface area (Å²) < 4.78 is 104. The topological polar surface area (TPSA) is 449 Å². The molecule has 35 nitrogen and oxygen atoms in total. The van der Waals surface area contributed by atoms with Crippen LogP contribution in [-0.4, -0.2) is 214 Å². The van der Waals surface area contributed by atoms with E-state index in [1.165, 1.54) is 46.1 Å². The number of nitrogens with two attached hydrogens (primary N) is 1. The molecule has 6 aromatic heterocycles. The highest BCUT2D eigenvalue weighted by molar-refractivity contribution is 7.53. The smallest absolute Gasteiger partial charge is 0.327 e. The van der Waals surface area contributed by atoms with Crippen LogP contribution in [0.5, 0.6) is 0 Å². The maximum absolute atomic E-state index is 12.6. The lowest BCUT2D eigenvalue weighted by molar-refractivity contribution is -0.117. The molecule has 564 valence electrons. The van der Waals surface area contributed by atoms with Gasteiger partial charge < -0.3 is 87.6 Å². The average Bonchev–Trinajstić information content (AvgIpc) is 1.60. The third kappa shape index (κ3) is 19.1. The van der Waals surface area contributed by atoms with Gasteiger partial charge in [-0.2, -0.15) is 19.9 Å². The second kappa shape index (κ2) is 35.1. The summed E-state index contributed by atoms with van der Waals surface area (Å²) in [6.07, 6.45) is -1.81. The first kappa shape index (κ1) is 81.9. The van der Waals surface area contributed by atoms with Gasteiger partial charge in [-0.05, 0) is 69.3 Å². The number of aliphatic hydroxyl groups is 4. The number of carbonyl (C=O) groups excluding carboxylic acids is 2. The van der Waals surface area contributed by atoms with Crippen LogP contribution in [0.25, 0.3) is 33.5 Å². The van der Waals surface area contributed by atoms with E-state index >= 15 is 0 Å². The Balaban J connectivity index is 0.000000197. The number of imidazole rings is 3. The molecule has 3 fully saturated rings. The van der Waals surface area contributed by atoms with E-state index in [0.717, 1.165) is 5.56 Å². The van der Waals surface area contributed by atoms with Crippen molar-refractivity contribution in [2.75, 3.05) is 103 Å². The van der Waals surface area contributed by atoms with Gasteiger partial charge in [0.2, 0.25) is 22.4 Å². The fourth-order valence-electron chi connectivity index (χ4n) is 12.0. The van der Waals surface area contributed by atoms with E-state index in [-0.39, 0.29) is 99.3 Å². The van der Waals surface area contributed by atoms with Crippen molar-refractivity contribution >= 4 is 109 Å². The number of nitrogens with zero attached hydrogens (tertiary/aromatic N) is 12. The Morgan fingerprint density at radius 2 is 0.961 bits per heavy atom. The number of halogens is 2. The molecule has 3 aliphatic rings. The van der Waals surface area contributed by atoms with Crippen LogP contribution in [-0.2, 0) is 80.7 Å². The second-order valence-corrected chi connectivity index (χ2v) is 32.2. The van der Waals surface area contributed by atoms with Crippen LogP contribution < -0.4 is 16.4 Å². The Bertz CT molecular complexity index is 4150. The number of hydrogen-bond donors (Lipinski definition) is 7. The van der Waals surface area contributed by atoms with Crippen LogP contribution in [0.4, 0.5) is 17.5 Å². The molecule has 0 aliphatic carbocycles. The molecule has 40 heteroatoms. The third-order valence-corrected chi connectivity index (χ3v) is 21.5. The zero-order valence-electron chi connectivity index (χ0n) is 59.1. The van der Waals surface area contributed by atoms with Gasteiger partial charge >= 0.3 is 22.8 Å². The lowest BCUT2D eigenvalue weighted by Gasteiger charge is -2.33. The summed E-state index contributed by atoms with van der Waals surface area (Å²) >= 11 is 12.4. The zero-order chi connectivity index (χ0) is 74.7. The predicted octanol–water partition coefficient (Wildman–Crippen LogP) is 8.43. The molecule has 2 amide bonds. The standard InChI is InChI=1S/C26H35ClN5O7P.C20H31ClN5O7P.C16H26N5O6P/c1-5-10-19(33)29-22-20-23(31-25(27)30-22)32(16-28-20)24-26(3,15-36-13-17-11-8-7-9-12-17)21(34)18(39-24)14-38-40(4,35)37-6-2;1-6-8-13(27)23-16-14-17(25-19(21)24-16)26(11-22-14)18-20(3,10-30-4)15(28)12(33-18)9-32-34(5,29)31-7-2;1-5-25-28(4,24)26-6-10-12(23)16(3,7-22)15(27-10)21-8-18-11-13(17)19-9(2)20-14(11)21/h7-9,11-12,16,18,21,24,34H,5-6,10,13-15H2,1-4H3,(H,29,30,31,33);11-12,15,18,28H,6-10H2,1-5H3,(H,23,24,25,27);8,10,12,15,22-23H,5-7H2,1-4H3,(H2,17,19,20)/t18-,21?,24-,26+,40?;12-,15?,18-,20+,34?;10-,12?,15-,16-,28?/m111/s1. The molecule has 6 unspecified atom stereocenters. The minimum Gasteiger partial charge on any atom is -0.396 e. The number of nitrogens with one attached hydrogen (secondary N) is 2. The van der Waals surface area contributed by atoms with Crippen molar-refractivity contribution in [3.8, 4) is 0 Å². The molecule has 3 saturated heterocycles. The molecule has 102 heavy (non-hydrogen) atoms. The van der Waals surface area contributed by atoms with Gasteiger partial charge in [0, 0.05) is 39.9 Å². The molecule has 15 atom stereocenters. The molecule has 0 saturated carbocycles. The predicted molar refractivity (Wildman–Crippen MR) is 375 cm³/mol. The number of aryl methyl sites for hydroxylation is 1. The zero-order valence-corrected chi connectivity index (χ0v) is 63.3. The highest BCUT2D eigenvalue weighted by Crippen LogP contribution is 2.53. The number of ether oxygens (including phenoxy) is 5. The number of carbonyl (C=O) groups is 2. The molecule has 1 aromatic carbocycles. The normalized spacial score (nSPS) is 26.6. The number of aliphatic hydroxyl groups excluding tert-OH is 4. The maximum Gasteiger partial charge on any atom is 0.327 e. The summed E-state index contributed by atoms with van der Waals surface area (Å²) in [4.78, 5) is 62.8. The van der Waals surface area contributed by atoms with Crippen LogP contribution in [0, 0.1) is 23.2 Å². The number of methoxy groups -OCH3 is 1. The quantitative estimate of drug-likeness (QED) is 0.0158. The van der Waals surface area contributed by atoms with Gasteiger partial charge in [-0.15, -0.1) is 0 Å². The second-order valence-electron chi connectivity index (χ2n) is 25.4. The molecule has 7 aromatic rings. The van der Waals surface area contributed by atoms with Gasteiger partial charge in [-0.1, -0.05) is 65.0 Å². The van der Waals surface area contributed by atoms with Gasteiger partial charge in [0.05, 0.1) is 120 Å². The molecular weight excluding hydrogens is 1440 g/mol. The number of benzene rings is 1. The van der Waals surface area contributed by atoms with Gasteiger partial charge in [0.25, 0.3) is 0 Å². The van der Waals surface area contributed by atoms with E-state index in [1.807, 2.05) is 51.1 Å². The number of fused-ring (bicyclic) bond motifs is 3. The SMILES string of the molecule is CCCC(=O)Nc1nc(Cl)nc2c1ncn2[C@@H]1O[C@H](COP(C)(=O)OCC)C(O)[C@]1(C)COC.CCCC(=O)Nc1nc(Cl)nc2c1ncn2[C@@H]1O[C@H](COP(C)(=O)OCC)C(O)[C@]1(C)COCc1ccccc1.CCOP(C)(=O)OC[C@H]1O[C@@H](n2cnc3c(N)nc(C)nc32)[C@](C)(CO)C1O. The Morgan fingerprint density at radius 1 is 0.578 bits per heavy atom. The Morgan fingerprint density at radius 3 is 1.35 bits per heavy atom. The van der Waals surface area contributed by atoms with Gasteiger partial charge in [-0.25, -0.2) is 24.9 Å². The van der Waals surface area contributed by atoms with E-state index < -0.39 is 94.3 Å². The van der Waals surface area contributed by atoms with Crippen LogP contribution in [0.2, 0.25) is 10.6 Å².